The highest BCUT2D eigenvalue weighted by atomic mass is 32.2. The first kappa shape index (κ1) is 39.6. The molecule has 0 saturated heterocycles. The molecule has 14 heteroatoms. The lowest BCUT2D eigenvalue weighted by Crippen LogP contribution is -1.99. The lowest BCUT2D eigenvalue weighted by Gasteiger charge is -2.10. The minimum absolute atomic E-state index is 0.0222. The van der Waals surface area contributed by atoms with E-state index >= 15 is 0 Å². The van der Waals surface area contributed by atoms with Gasteiger partial charge in [-0.05, 0) is 71.8 Å². The van der Waals surface area contributed by atoms with E-state index in [-0.39, 0.29) is 24.2 Å². The van der Waals surface area contributed by atoms with Crippen molar-refractivity contribution in [3.63, 3.8) is 0 Å². The van der Waals surface area contributed by atoms with Crippen molar-refractivity contribution in [3.8, 4) is 17.2 Å². The van der Waals surface area contributed by atoms with Crippen LogP contribution in [0, 0.1) is 18.2 Å². The van der Waals surface area contributed by atoms with Crippen LogP contribution in [0.3, 0.4) is 0 Å². The van der Waals surface area contributed by atoms with E-state index in [2.05, 4.69) is 36.9 Å². The second-order valence-corrected chi connectivity index (χ2v) is 13.1. The van der Waals surface area contributed by atoms with Crippen LogP contribution in [0.4, 0.5) is 20.3 Å². The summed E-state index contributed by atoms with van der Waals surface area (Å²) in [5.41, 5.74) is 15.7. The number of carbonyl (C=O) groups is 1. The Bertz CT molecular complexity index is 2340. The average molecular weight is 774 g/mol. The second kappa shape index (κ2) is 20.6. The summed E-state index contributed by atoms with van der Waals surface area (Å²) in [4.78, 5) is 30.7. The van der Waals surface area contributed by atoms with Crippen LogP contribution in [0.2, 0.25) is 0 Å². The Kier molecular flexibility index (Phi) is 14.9. The number of hydrogen-bond donors (Lipinski definition) is 2. The molecular formula is C41H33F2N7O3S2. The van der Waals surface area contributed by atoms with E-state index in [0.717, 1.165) is 22.4 Å². The molecular weight excluding hydrogens is 741 g/mol. The van der Waals surface area contributed by atoms with Crippen molar-refractivity contribution in [2.24, 2.45) is 0 Å². The number of nitrogens with zero attached hydrogens (tertiary/aromatic N) is 5. The van der Waals surface area contributed by atoms with E-state index in [1.807, 2.05) is 48.5 Å². The van der Waals surface area contributed by atoms with Gasteiger partial charge in [0, 0.05) is 29.3 Å². The van der Waals surface area contributed by atoms with Gasteiger partial charge in [-0.2, -0.15) is 0 Å². The van der Waals surface area contributed by atoms with Crippen LogP contribution >= 0.6 is 23.5 Å². The molecule has 0 bridgehead atoms. The van der Waals surface area contributed by atoms with Gasteiger partial charge >= 0.3 is 6.73 Å². The molecule has 0 radical (unpaired) electrons. The van der Waals surface area contributed by atoms with Crippen LogP contribution < -0.4 is 20.9 Å². The van der Waals surface area contributed by atoms with Crippen molar-refractivity contribution in [2.45, 2.75) is 21.8 Å². The Morgan fingerprint density at radius 2 is 1.25 bits per heavy atom. The first-order valence-corrected chi connectivity index (χ1v) is 18.4. The number of benzene rings is 5. The lowest BCUT2D eigenvalue weighted by molar-refractivity contribution is 0.112. The fraction of sp³-hybridized carbons (Fsp3) is 0.0732. The third-order valence-electron chi connectivity index (χ3n) is 7.21. The largest absolute Gasteiger partial charge is 0.455 e. The highest BCUT2D eigenvalue weighted by molar-refractivity contribution is 7.98. The number of hydrogen-bond acceptors (Lipinski definition) is 11. The van der Waals surface area contributed by atoms with Gasteiger partial charge < -0.3 is 20.9 Å². The van der Waals surface area contributed by atoms with Gasteiger partial charge in [-0.1, -0.05) is 84.2 Å². The predicted octanol–water partition coefficient (Wildman–Crippen LogP) is 9.68. The van der Waals surface area contributed by atoms with Crippen LogP contribution in [-0.4, -0.2) is 33.0 Å². The monoisotopic (exact) mass is 773 g/mol. The number of aromatic nitrogens is 4. The van der Waals surface area contributed by atoms with Gasteiger partial charge in [0.15, 0.2) is 22.3 Å². The van der Waals surface area contributed by atoms with E-state index in [0.29, 0.717) is 45.1 Å². The molecule has 0 saturated carbocycles. The SMILES string of the molecule is Nc1cc2nc(SCc3ccccc3)ncc2cc1Oc1ccc(F)cc1.Nc1nc(SCc2ccccc2)ncc1C=O.[C-]#[N+]COc1ccc(F)cc1. The van der Waals surface area contributed by atoms with Gasteiger partial charge in [0.05, 0.1) is 16.8 Å². The minimum atomic E-state index is -0.317. The maximum atomic E-state index is 13.0. The lowest BCUT2D eigenvalue weighted by atomic mass is 10.2. The third-order valence-corrected chi connectivity index (χ3v) is 9.08. The normalized spacial score (nSPS) is 10.2. The molecule has 0 aliphatic heterocycles. The highest BCUT2D eigenvalue weighted by Crippen LogP contribution is 2.32. The Labute approximate surface area is 324 Å². The number of ether oxygens (including phenoxy) is 2. The summed E-state index contributed by atoms with van der Waals surface area (Å²) in [7, 11) is 0. The zero-order valence-electron chi connectivity index (χ0n) is 29.1. The van der Waals surface area contributed by atoms with E-state index in [4.69, 9.17) is 27.5 Å². The summed E-state index contributed by atoms with van der Waals surface area (Å²) in [5.74, 6) is 2.70. The quantitative estimate of drug-likeness (QED) is 0.0426. The fourth-order valence-electron chi connectivity index (χ4n) is 4.47. The molecule has 5 aromatic carbocycles. The Morgan fingerprint density at radius 1 is 0.709 bits per heavy atom. The van der Waals surface area contributed by atoms with Crippen molar-refractivity contribution < 1.29 is 23.0 Å². The van der Waals surface area contributed by atoms with E-state index in [1.54, 1.807) is 42.2 Å². The molecule has 10 nitrogen and oxygen atoms in total. The topological polar surface area (TPSA) is 143 Å². The molecule has 0 aliphatic carbocycles. The molecule has 0 spiro atoms. The molecule has 2 aromatic heterocycles. The standard InChI is InChI=1S/C21H16FN3OS.C12H11N3OS.C8H6FNO/c22-16-6-8-17(9-7-16)26-20-10-15-12-24-21(25-19(15)11-18(20)23)27-13-14-4-2-1-3-5-14;13-11-10(7-16)6-14-12(15-11)17-8-9-4-2-1-3-5-9;1-10-6-11-8-4-2-7(9)3-5-8/h1-12H,13,23H2;1-7H,8H2,(H2,13,14,15);2-5H,6H2. The highest BCUT2D eigenvalue weighted by Gasteiger charge is 2.09. The van der Waals surface area contributed by atoms with Gasteiger partial charge in [0.2, 0.25) is 0 Å². The first-order valence-electron chi connectivity index (χ1n) is 16.4. The summed E-state index contributed by atoms with van der Waals surface area (Å²) >= 11 is 3.06. The molecule has 7 rings (SSSR count). The summed E-state index contributed by atoms with van der Waals surface area (Å²) in [6, 6.07) is 35.1. The number of carbonyl (C=O) groups excluding carboxylic acids is 1. The summed E-state index contributed by atoms with van der Waals surface area (Å²) in [6.07, 6.45) is 3.86. The molecule has 55 heavy (non-hydrogen) atoms. The Balaban J connectivity index is 0.000000177. The van der Waals surface area contributed by atoms with Crippen molar-refractivity contribution >= 4 is 52.2 Å². The van der Waals surface area contributed by atoms with Crippen molar-refractivity contribution in [3.05, 3.63) is 173 Å². The first-order chi connectivity index (χ1) is 26.8. The zero-order valence-corrected chi connectivity index (χ0v) is 30.7. The van der Waals surface area contributed by atoms with Crippen LogP contribution in [0.25, 0.3) is 15.7 Å². The maximum absolute atomic E-state index is 13.0. The molecule has 0 amide bonds. The van der Waals surface area contributed by atoms with Crippen LogP contribution in [0.1, 0.15) is 21.5 Å². The summed E-state index contributed by atoms with van der Waals surface area (Å²) in [5, 5.41) is 2.10. The second-order valence-electron chi connectivity index (χ2n) is 11.2. The average Bonchev–Trinajstić information content (AvgIpc) is 3.21. The number of anilines is 2. The number of fused-ring (bicyclic) bond motifs is 1. The molecule has 276 valence electrons. The van der Waals surface area contributed by atoms with Gasteiger partial charge in [-0.3, -0.25) is 9.64 Å². The molecule has 2 heterocycles. The smallest absolute Gasteiger partial charge is 0.357 e. The van der Waals surface area contributed by atoms with E-state index in [9.17, 15) is 13.6 Å². The zero-order chi connectivity index (χ0) is 38.8. The van der Waals surface area contributed by atoms with Crippen molar-refractivity contribution in [1.82, 2.24) is 19.9 Å². The Morgan fingerprint density at radius 3 is 1.80 bits per heavy atom. The molecule has 0 atom stereocenters. The molecule has 0 fully saturated rings. The number of halogens is 2. The predicted molar refractivity (Wildman–Crippen MR) is 213 cm³/mol. The summed E-state index contributed by atoms with van der Waals surface area (Å²) < 4.78 is 36.0. The number of rotatable bonds is 11. The third kappa shape index (κ3) is 12.8. The van der Waals surface area contributed by atoms with Gasteiger partial charge in [-0.15, -0.1) is 0 Å². The fourth-order valence-corrected chi connectivity index (χ4v) is 6.03. The van der Waals surface area contributed by atoms with Crippen LogP contribution in [0.15, 0.2) is 144 Å². The number of aldehydes is 1. The van der Waals surface area contributed by atoms with Crippen molar-refractivity contribution in [2.75, 3.05) is 18.2 Å². The number of nitrogen functional groups attached to an aromatic ring is 2. The maximum Gasteiger partial charge on any atom is 0.357 e. The minimum Gasteiger partial charge on any atom is -0.455 e. The van der Waals surface area contributed by atoms with Gasteiger partial charge in [0.25, 0.3) is 0 Å². The summed E-state index contributed by atoms with van der Waals surface area (Å²) in [6.45, 7) is 6.40. The molecule has 0 aliphatic rings. The number of nitrogens with two attached hydrogens (primary N) is 2. The van der Waals surface area contributed by atoms with Gasteiger partial charge in [0.1, 0.15) is 29.0 Å². The number of thioether (sulfide) groups is 2. The van der Waals surface area contributed by atoms with Crippen LogP contribution in [-0.2, 0) is 11.5 Å². The van der Waals surface area contributed by atoms with E-state index < -0.39 is 0 Å². The Hall–Kier alpha value is -6.56. The van der Waals surface area contributed by atoms with E-state index in [1.165, 1.54) is 65.5 Å². The molecule has 0 unspecified atom stereocenters. The van der Waals surface area contributed by atoms with Crippen LogP contribution in [0.5, 0.6) is 17.2 Å². The van der Waals surface area contributed by atoms with Gasteiger partial charge in [-0.25, -0.2) is 35.3 Å². The molecule has 4 N–H and O–H groups in total. The van der Waals surface area contributed by atoms with Crippen molar-refractivity contribution in [1.29, 1.82) is 0 Å². The molecule has 7 aromatic rings.